The van der Waals surface area contributed by atoms with Gasteiger partial charge in [0.05, 0.1) is 0 Å². The Hall–Kier alpha value is -0.940. The third kappa shape index (κ3) is 4.83. The molecule has 0 spiro atoms. The largest absolute Gasteiger partial charge is 0.385 e. The number of hydrogen-bond acceptors (Lipinski definition) is 5. The van der Waals surface area contributed by atoms with Gasteiger partial charge in [-0.25, -0.2) is 0 Å². The van der Waals surface area contributed by atoms with Crippen molar-refractivity contribution in [3.63, 3.8) is 0 Å². The molecular weight excluding hydrogens is 218 g/mol. The number of aryl methyl sites for hydroxylation is 1. The van der Waals surface area contributed by atoms with Crippen LogP contribution in [0.2, 0.25) is 0 Å². The Bertz CT molecular complexity index is 312. The lowest BCUT2D eigenvalue weighted by Crippen LogP contribution is -2.32. The van der Waals surface area contributed by atoms with Gasteiger partial charge in [0.2, 0.25) is 5.89 Å². The second kappa shape index (κ2) is 7.40. The first-order chi connectivity index (χ1) is 8.17. The number of likely N-dealkylation sites (N-methyl/N-ethyl adjacent to an activating group) is 1. The maximum absolute atomic E-state index is 5.24. The van der Waals surface area contributed by atoms with Gasteiger partial charge in [0, 0.05) is 32.6 Å². The SMILES string of the molecule is CNC(Cc1nc(CCCOC)no1)C(C)C. The average Bonchev–Trinajstić information content (AvgIpc) is 2.74. The van der Waals surface area contributed by atoms with E-state index >= 15 is 0 Å². The fourth-order valence-electron chi connectivity index (χ4n) is 1.71. The van der Waals surface area contributed by atoms with Crippen LogP contribution in [0.25, 0.3) is 0 Å². The Kier molecular flexibility index (Phi) is 6.15. The van der Waals surface area contributed by atoms with Gasteiger partial charge in [0.1, 0.15) is 0 Å². The van der Waals surface area contributed by atoms with Crippen molar-refractivity contribution in [3.8, 4) is 0 Å². The Morgan fingerprint density at radius 3 is 2.76 bits per heavy atom. The van der Waals surface area contributed by atoms with Gasteiger partial charge in [-0.3, -0.25) is 0 Å². The van der Waals surface area contributed by atoms with E-state index in [-0.39, 0.29) is 0 Å². The molecule has 1 unspecified atom stereocenters. The lowest BCUT2D eigenvalue weighted by molar-refractivity contribution is 0.194. The maximum Gasteiger partial charge on any atom is 0.228 e. The standard InChI is InChI=1S/C12H23N3O2/c1-9(2)10(13-3)8-12-14-11(15-17-12)6-5-7-16-4/h9-10,13H,5-8H2,1-4H3. The van der Waals surface area contributed by atoms with Crippen molar-refractivity contribution in [1.29, 1.82) is 0 Å². The number of nitrogens with zero attached hydrogens (tertiary/aromatic N) is 2. The number of nitrogens with one attached hydrogen (secondary N) is 1. The molecule has 0 saturated heterocycles. The third-order valence-electron chi connectivity index (χ3n) is 2.83. The van der Waals surface area contributed by atoms with E-state index in [0.29, 0.717) is 17.9 Å². The van der Waals surface area contributed by atoms with Gasteiger partial charge < -0.3 is 14.6 Å². The first kappa shape index (κ1) is 14.1. The highest BCUT2D eigenvalue weighted by molar-refractivity contribution is 4.90. The second-order valence-electron chi connectivity index (χ2n) is 4.54. The summed E-state index contributed by atoms with van der Waals surface area (Å²) in [6.07, 6.45) is 2.52. The van der Waals surface area contributed by atoms with E-state index in [2.05, 4.69) is 29.3 Å². The molecular formula is C12H23N3O2. The van der Waals surface area contributed by atoms with Gasteiger partial charge >= 0.3 is 0 Å². The van der Waals surface area contributed by atoms with Gasteiger partial charge in [0.15, 0.2) is 5.82 Å². The van der Waals surface area contributed by atoms with Crippen LogP contribution in [0.4, 0.5) is 0 Å². The Balaban J connectivity index is 2.44. The highest BCUT2D eigenvalue weighted by atomic mass is 16.5. The number of aromatic nitrogens is 2. The highest BCUT2D eigenvalue weighted by Crippen LogP contribution is 2.09. The zero-order chi connectivity index (χ0) is 12.7. The van der Waals surface area contributed by atoms with E-state index < -0.39 is 0 Å². The van der Waals surface area contributed by atoms with Crippen LogP contribution in [-0.2, 0) is 17.6 Å². The molecule has 1 N–H and O–H groups in total. The molecule has 0 amide bonds. The Labute approximate surface area is 103 Å². The summed E-state index contributed by atoms with van der Waals surface area (Å²) in [7, 11) is 3.66. The van der Waals surface area contributed by atoms with Crippen molar-refractivity contribution < 1.29 is 9.26 Å². The summed E-state index contributed by atoms with van der Waals surface area (Å²) in [6, 6.07) is 0.377. The Morgan fingerprint density at radius 1 is 1.41 bits per heavy atom. The van der Waals surface area contributed by atoms with E-state index in [1.807, 2.05) is 7.05 Å². The van der Waals surface area contributed by atoms with Gasteiger partial charge in [-0.2, -0.15) is 4.98 Å². The van der Waals surface area contributed by atoms with Crippen LogP contribution in [0, 0.1) is 5.92 Å². The summed E-state index contributed by atoms with van der Waals surface area (Å²) in [5.74, 6) is 2.03. The molecule has 17 heavy (non-hydrogen) atoms. The number of rotatable bonds is 8. The van der Waals surface area contributed by atoms with Crippen molar-refractivity contribution in [2.24, 2.45) is 5.92 Å². The van der Waals surface area contributed by atoms with Gasteiger partial charge in [-0.1, -0.05) is 19.0 Å². The summed E-state index contributed by atoms with van der Waals surface area (Å²) in [5.41, 5.74) is 0. The molecule has 0 fully saturated rings. The van der Waals surface area contributed by atoms with E-state index in [1.165, 1.54) is 0 Å². The predicted molar refractivity (Wildman–Crippen MR) is 65.9 cm³/mol. The Morgan fingerprint density at radius 2 is 2.18 bits per heavy atom. The highest BCUT2D eigenvalue weighted by Gasteiger charge is 2.15. The fraction of sp³-hybridized carbons (Fsp3) is 0.833. The monoisotopic (exact) mass is 241 g/mol. The average molecular weight is 241 g/mol. The molecule has 0 aliphatic heterocycles. The summed E-state index contributed by atoms with van der Waals surface area (Å²) in [5, 5.41) is 7.23. The molecule has 0 bridgehead atoms. The molecule has 98 valence electrons. The number of hydrogen-bond donors (Lipinski definition) is 1. The van der Waals surface area contributed by atoms with E-state index in [0.717, 1.165) is 31.7 Å². The van der Waals surface area contributed by atoms with Crippen LogP contribution in [0.3, 0.4) is 0 Å². The summed E-state index contributed by atoms with van der Waals surface area (Å²) >= 11 is 0. The molecule has 0 aliphatic rings. The fourth-order valence-corrected chi connectivity index (χ4v) is 1.71. The molecule has 1 aromatic rings. The summed E-state index contributed by atoms with van der Waals surface area (Å²) < 4.78 is 10.2. The first-order valence-electron chi connectivity index (χ1n) is 6.15. The first-order valence-corrected chi connectivity index (χ1v) is 6.15. The second-order valence-corrected chi connectivity index (χ2v) is 4.54. The normalized spacial score (nSPS) is 13.2. The van der Waals surface area contributed by atoms with Crippen LogP contribution < -0.4 is 5.32 Å². The smallest absolute Gasteiger partial charge is 0.228 e. The molecule has 1 rings (SSSR count). The molecule has 0 aromatic carbocycles. The molecule has 0 aliphatic carbocycles. The van der Waals surface area contributed by atoms with Gasteiger partial charge in [-0.15, -0.1) is 0 Å². The van der Waals surface area contributed by atoms with Gasteiger partial charge in [0.25, 0.3) is 0 Å². The maximum atomic E-state index is 5.24. The predicted octanol–water partition coefficient (Wildman–Crippen LogP) is 1.44. The lowest BCUT2D eigenvalue weighted by atomic mass is 10.0. The van der Waals surface area contributed by atoms with Crippen molar-refractivity contribution in [2.75, 3.05) is 20.8 Å². The number of ether oxygens (including phenoxy) is 1. The van der Waals surface area contributed by atoms with Crippen molar-refractivity contribution in [1.82, 2.24) is 15.5 Å². The minimum Gasteiger partial charge on any atom is -0.385 e. The zero-order valence-corrected chi connectivity index (χ0v) is 11.2. The number of methoxy groups -OCH3 is 1. The third-order valence-corrected chi connectivity index (χ3v) is 2.83. The molecule has 5 nitrogen and oxygen atoms in total. The van der Waals surface area contributed by atoms with Crippen molar-refractivity contribution >= 4 is 0 Å². The van der Waals surface area contributed by atoms with E-state index in [1.54, 1.807) is 7.11 Å². The van der Waals surface area contributed by atoms with Crippen LogP contribution in [0.1, 0.15) is 32.0 Å². The van der Waals surface area contributed by atoms with E-state index in [4.69, 9.17) is 9.26 Å². The van der Waals surface area contributed by atoms with Crippen molar-refractivity contribution in [2.45, 2.75) is 39.2 Å². The van der Waals surface area contributed by atoms with E-state index in [9.17, 15) is 0 Å². The molecule has 1 atom stereocenters. The summed E-state index contributed by atoms with van der Waals surface area (Å²) in [6.45, 7) is 5.09. The lowest BCUT2D eigenvalue weighted by Gasteiger charge is -2.17. The zero-order valence-electron chi connectivity index (χ0n) is 11.2. The quantitative estimate of drug-likeness (QED) is 0.698. The molecule has 5 heteroatoms. The topological polar surface area (TPSA) is 60.2 Å². The molecule has 1 aromatic heterocycles. The minimum absolute atomic E-state index is 0.377. The van der Waals surface area contributed by atoms with Crippen LogP contribution in [-0.4, -0.2) is 36.9 Å². The molecule has 0 saturated carbocycles. The van der Waals surface area contributed by atoms with Gasteiger partial charge in [-0.05, 0) is 19.4 Å². The van der Waals surface area contributed by atoms with Crippen molar-refractivity contribution in [3.05, 3.63) is 11.7 Å². The molecule has 1 heterocycles. The summed E-state index contributed by atoms with van der Waals surface area (Å²) in [4.78, 5) is 4.38. The molecule has 0 radical (unpaired) electrons. The minimum atomic E-state index is 0.377. The van der Waals surface area contributed by atoms with Crippen LogP contribution >= 0.6 is 0 Å². The van der Waals surface area contributed by atoms with Crippen LogP contribution in [0.5, 0.6) is 0 Å². The van der Waals surface area contributed by atoms with Crippen LogP contribution in [0.15, 0.2) is 4.52 Å².